The van der Waals surface area contributed by atoms with E-state index < -0.39 is 0 Å². The van der Waals surface area contributed by atoms with Crippen LogP contribution in [0.1, 0.15) is 50.1 Å². The number of hydrogen-bond acceptors (Lipinski definition) is 2. The van der Waals surface area contributed by atoms with Crippen molar-refractivity contribution in [3.05, 3.63) is 58.9 Å². The Kier molecular flexibility index (Phi) is 4.87. The first-order valence-electron chi connectivity index (χ1n) is 9.24. The van der Waals surface area contributed by atoms with E-state index in [1.807, 2.05) is 25.1 Å². The van der Waals surface area contributed by atoms with Crippen molar-refractivity contribution in [3.8, 4) is 0 Å². The number of nitrogens with zero attached hydrogens (tertiary/aromatic N) is 2. The summed E-state index contributed by atoms with van der Waals surface area (Å²) < 4.78 is 15.2. The standard InChI is InChI=1S/C21H21ClFN3O/c1-13(14-5-8-16(23)9-6-14)11-20(27)25-21-24-18-10-7-15(22)12-19(18)26(21)17-3-2-4-17/h5-10,12-13,17H,2-4,11H2,1H3,(H,24,25,27). The van der Waals surface area contributed by atoms with Gasteiger partial charge in [-0.05, 0) is 61.1 Å². The Balaban J connectivity index is 1.55. The number of carbonyl (C=O) groups excluding carboxylic acids is 1. The zero-order valence-electron chi connectivity index (χ0n) is 15.1. The quantitative estimate of drug-likeness (QED) is 0.613. The van der Waals surface area contributed by atoms with Crippen molar-refractivity contribution < 1.29 is 9.18 Å². The minimum atomic E-state index is -0.275. The van der Waals surface area contributed by atoms with Gasteiger partial charge in [0.1, 0.15) is 5.82 Å². The minimum absolute atomic E-state index is 0.0124. The van der Waals surface area contributed by atoms with E-state index in [1.165, 1.54) is 18.6 Å². The molecule has 1 atom stereocenters. The molecular formula is C21H21ClFN3O. The fourth-order valence-electron chi connectivity index (χ4n) is 3.53. The molecule has 0 aliphatic heterocycles. The van der Waals surface area contributed by atoms with Gasteiger partial charge in [0, 0.05) is 17.5 Å². The summed E-state index contributed by atoms with van der Waals surface area (Å²) in [5, 5.41) is 3.63. The number of halogens is 2. The van der Waals surface area contributed by atoms with E-state index >= 15 is 0 Å². The second kappa shape index (κ2) is 7.31. The van der Waals surface area contributed by atoms with Crippen molar-refractivity contribution in [2.24, 2.45) is 0 Å². The predicted octanol–water partition coefficient (Wildman–Crippen LogP) is 5.69. The number of benzene rings is 2. The summed E-state index contributed by atoms with van der Waals surface area (Å²) in [5.41, 5.74) is 2.72. The molecule has 1 amide bonds. The lowest BCUT2D eigenvalue weighted by Gasteiger charge is -2.29. The molecule has 1 fully saturated rings. The van der Waals surface area contributed by atoms with Crippen LogP contribution in [0.2, 0.25) is 5.02 Å². The number of amides is 1. The molecule has 0 bridgehead atoms. The molecule has 140 valence electrons. The molecule has 27 heavy (non-hydrogen) atoms. The summed E-state index contributed by atoms with van der Waals surface area (Å²) in [6.07, 6.45) is 3.64. The van der Waals surface area contributed by atoms with E-state index in [1.54, 1.807) is 12.1 Å². The third-order valence-electron chi connectivity index (χ3n) is 5.27. The summed E-state index contributed by atoms with van der Waals surface area (Å²) >= 11 is 6.16. The van der Waals surface area contributed by atoms with Crippen molar-refractivity contribution in [3.63, 3.8) is 0 Å². The number of rotatable bonds is 5. The molecule has 6 heteroatoms. The largest absolute Gasteiger partial charge is 0.307 e. The number of nitrogens with one attached hydrogen (secondary N) is 1. The molecule has 3 aromatic rings. The molecule has 2 aromatic carbocycles. The molecule has 0 spiro atoms. The molecule has 1 aliphatic carbocycles. The number of carbonyl (C=O) groups is 1. The molecule has 1 saturated carbocycles. The smallest absolute Gasteiger partial charge is 0.227 e. The summed E-state index contributed by atoms with van der Waals surface area (Å²) in [7, 11) is 0. The van der Waals surface area contributed by atoms with Crippen LogP contribution in [0.3, 0.4) is 0 Å². The maximum absolute atomic E-state index is 13.1. The predicted molar refractivity (Wildman–Crippen MR) is 106 cm³/mol. The maximum Gasteiger partial charge on any atom is 0.227 e. The van der Waals surface area contributed by atoms with Crippen molar-refractivity contribution >= 4 is 34.5 Å². The van der Waals surface area contributed by atoms with Crippen LogP contribution in [0.5, 0.6) is 0 Å². The van der Waals surface area contributed by atoms with Crippen LogP contribution in [-0.2, 0) is 4.79 Å². The van der Waals surface area contributed by atoms with Gasteiger partial charge in [-0.2, -0.15) is 0 Å². The van der Waals surface area contributed by atoms with Gasteiger partial charge in [0.05, 0.1) is 11.0 Å². The molecule has 4 nitrogen and oxygen atoms in total. The molecule has 1 unspecified atom stereocenters. The molecule has 1 aromatic heterocycles. The lowest BCUT2D eigenvalue weighted by molar-refractivity contribution is -0.116. The number of hydrogen-bond donors (Lipinski definition) is 1. The topological polar surface area (TPSA) is 46.9 Å². The van der Waals surface area contributed by atoms with Crippen LogP contribution in [0.4, 0.5) is 10.3 Å². The van der Waals surface area contributed by atoms with E-state index in [9.17, 15) is 9.18 Å². The average molecular weight is 386 g/mol. The Labute approximate surface area is 162 Å². The van der Waals surface area contributed by atoms with E-state index in [0.29, 0.717) is 23.4 Å². The van der Waals surface area contributed by atoms with Crippen LogP contribution in [-0.4, -0.2) is 15.5 Å². The first kappa shape index (κ1) is 18.0. The van der Waals surface area contributed by atoms with Crippen LogP contribution in [0.15, 0.2) is 42.5 Å². The third kappa shape index (κ3) is 3.69. The summed E-state index contributed by atoms with van der Waals surface area (Å²) in [5.74, 6) is 0.187. The monoisotopic (exact) mass is 385 g/mol. The molecule has 0 radical (unpaired) electrons. The molecule has 1 aliphatic rings. The van der Waals surface area contributed by atoms with Gasteiger partial charge in [0.2, 0.25) is 11.9 Å². The van der Waals surface area contributed by atoms with Crippen molar-refractivity contribution in [1.82, 2.24) is 9.55 Å². The van der Waals surface area contributed by atoms with E-state index in [4.69, 9.17) is 11.6 Å². The number of aromatic nitrogens is 2. The van der Waals surface area contributed by atoms with Crippen molar-refractivity contribution in [2.45, 2.75) is 44.6 Å². The van der Waals surface area contributed by atoms with E-state index in [-0.39, 0.29) is 17.6 Å². The normalized spacial score (nSPS) is 15.5. The third-order valence-corrected chi connectivity index (χ3v) is 5.51. The van der Waals surface area contributed by atoms with E-state index in [0.717, 1.165) is 29.4 Å². The lowest BCUT2D eigenvalue weighted by Crippen LogP contribution is -2.22. The molecule has 1 N–H and O–H groups in total. The highest BCUT2D eigenvalue weighted by Crippen LogP contribution is 2.38. The highest BCUT2D eigenvalue weighted by Gasteiger charge is 2.26. The van der Waals surface area contributed by atoms with Crippen LogP contribution >= 0.6 is 11.6 Å². The molecular weight excluding hydrogens is 365 g/mol. The Morgan fingerprint density at radius 1 is 1.30 bits per heavy atom. The van der Waals surface area contributed by atoms with Gasteiger partial charge in [-0.1, -0.05) is 30.7 Å². The Hall–Kier alpha value is -2.40. The average Bonchev–Trinajstić information content (AvgIpc) is 2.91. The minimum Gasteiger partial charge on any atom is -0.307 e. The number of fused-ring (bicyclic) bond motifs is 1. The van der Waals surface area contributed by atoms with Crippen LogP contribution in [0, 0.1) is 5.82 Å². The Morgan fingerprint density at radius 2 is 2.04 bits per heavy atom. The van der Waals surface area contributed by atoms with Gasteiger partial charge in [0.25, 0.3) is 0 Å². The van der Waals surface area contributed by atoms with Gasteiger partial charge in [-0.3, -0.25) is 10.1 Å². The van der Waals surface area contributed by atoms with Gasteiger partial charge in [-0.15, -0.1) is 0 Å². The number of anilines is 1. The zero-order valence-corrected chi connectivity index (χ0v) is 15.8. The van der Waals surface area contributed by atoms with Crippen molar-refractivity contribution in [2.75, 3.05) is 5.32 Å². The molecule has 0 saturated heterocycles. The Bertz CT molecular complexity index is 979. The highest BCUT2D eigenvalue weighted by molar-refractivity contribution is 6.31. The fraction of sp³-hybridized carbons (Fsp3) is 0.333. The van der Waals surface area contributed by atoms with Crippen LogP contribution < -0.4 is 5.32 Å². The fourth-order valence-corrected chi connectivity index (χ4v) is 3.70. The summed E-state index contributed by atoms with van der Waals surface area (Å²) in [4.78, 5) is 17.2. The van der Waals surface area contributed by atoms with E-state index in [2.05, 4.69) is 14.9 Å². The van der Waals surface area contributed by atoms with Crippen molar-refractivity contribution in [1.29, 1.82) is 0 Å². The lowest BCUT2D eigenvalue weighted by atomic mass is 9.92. The first-order chi connectivity index (χ1) is 13.0. The van der Waals surface area contributed by atoms with Gasteiger partial charge in [0.15, 0.2) is 0 Å². The van der Waals surface area contributed by atoms with Gasteiger partial charge in [-0.25, -0.2) is 9.37 Å². The Morgan fingerprint density at radius 3 is 2.70 bits per heavy atom. The summed E-state index contributed by atoms with van der Waals surface area (Å²) in [6.45, 7) is 1.96. The zero-order chi connectivity index (χ0) is 19.0. The molecule has 1 heterocycles. The second-order valence-electron chi connectivity index (χ2n) is 7.23. The van der Waals surface area contributed by atoms with Gasteiger partial charge >= 0.3 is 0 Å². The van der Waals surface area contributed by atoms with Crippen LogP contribution in [0.25, 0.3) is 11.0 Å². The maximum atomic E-state index is 13.1. The first-order valence-corrected chi connectivity index (χ1v) is 9.62. The molecule has 4 rings (SSSR count). The number of imidazole rings is 1. The summed E-state index contributed by atoms with van der Waals surface area (Å²) in [6, 6.07) is 12.2. The highest BCUT2D eigenvalue weighted by atomic mass is 35.5. The van der Waals surface area contributed by atoms with Gasteiger partial charge < -0.3 is 4.57 Å². The second-order valence-corrected chi connectivity index (χ2v) is 7.66. The SMILES string of the molecule is CC(CC(=O)Nc1nc2ccc(Cl)cc2n1C1CCC1)c1ccc(F)cc1.